The highest BCUT2D eigenvalue weighted by molar-refractivity contribution is 7.33. The van der Waals surface area contributed by atoms with Crippen LogP contribution in [0.3, 0.4) is 0 Å². The monoisotopic (exact) mass is 662 g/mol. The van der Waals surface area contributed by atoms with E-state index in [0.717, 1.165) is 12.8 Å². The molecule has 0 bridgehead atoms. The van der Waals surface area contributed by atoms with Crippen molar-refractivity contribution in [3.05, 3.63) is 46.5 Å². The van der Waals surface area contributed by atoms with Gasteiger partial charge in [-0.1, -0.05) is 96.9 Å². The smallest absolute Gasteiger partial charge is 0.319 e. The fourth-order valence-corrected chi connectivity index (χ4v) is 8.06. The first-order chi connectivity index (χ1) is 20.8. The van der Waals surface area contributed by atoms with Gasteiger partial charge in [-0.25, -0.2) is 0 Å². The number of phenols is 4. The van der Waals surface area contributed by atoms with E-state index in [-0.39, 0.29) is 81.5 Å². The molecule has 262 valence electrons. The zero-order valence-corrected chi connectivity index (χ0v) is 32.0. The van der Waals surface area contributed by atoms with Crippen molar-refractivity contribution in [3.8, 4) is 23.0 Å². The summed E-state index contributed by atoms with van der Waals surface area (Å²) in [5.41, 5.74) is 1.79. The van der Waals surface area contributed by atoms with Crippen LogP contribution in [0.5, 0.6) is 23.0 Å². The van der Waals surface area contributed by atoms with E-state index in [0.29, 0.717) is 22.3 Å². The van der Waals surface area contributed by atoms with Gasteiger partial charge in [0.2, 0.25) is 0 Å². The van der Waals surface area contributed by atoms with Crippen molar-refractivity contribution in [2.45, 2.75) is 132 Å². The second-order valence-electron chi connectivity index (χ2n) is 17.7. The first-order valence-electron chi connectivity index (χ1n) is 16.7. The van der Waals surface area contributed by atoms with Crippen LogP contribution in [-0.4, -0.2) is 33.6 Å². The average Bonchev–Trinajstić information content (AvgIpc) is 2.84. The number of hydrogen-bond acceptors (Lipinski definition) is 7. The maximum Gasteiger partial charge on any atom is 0.319 e. The van der Waals surface area contributed by atoms with Crippen molar-refractivity contribution in [2.24, 2.45) is 22.7 Å². The molecule has 0 fully saturated rings. The Kier molecular flexibility index (Phi) is 13.0. The van der Waals surface area contributed by atoms with Crippen LogP contribution in [0.25, 0.3) is 0 Å². The highest BCUT2D eigenvalue weighted by Gasteiger charge is 2.33. The summed E-state index contributed by atoms with van der Waals surface area (Å²) >= 11 is 0. The summed E-state index contributed by atoms with van der Waals surface area (Å²) in [7, 11) is -2.95. The lowest BCUT2D eigenvalue weighted by atomic mass is 9.71. The second-order valence-corrected chi connectivity index (χ2v) is 18.7. The van der Waals surface area contributed by atoms with E-state index in [4.69, 9.17) is 9.05 Å². The normalized spacial score (nSPS) is 15.4. The van der Waals surface area contributed by atoms with Crippen LogP contribution >= 0.6 is 8.25 Å². The predicted molar refractivity (Wildman–Crippen MR) is 190 cm³/mol. The van der Waals surface area contributed by atoms with E-state index in [1.807, 2.05) is 27.7 Å². The second kappa shape index (κ2) is 14.9. The number of rotatable bonds is 14. The lowest BCUT2D eigenvalue weighted by Crippen LogP contribution is -2.25. The molecule has 7 nitrogen and oxygen atoms in total. The molecule has 2 aromatic carbocycles. The van der Waals surface area contributed by atoms with Crippen LogP contribution in [0.2, 0.25) is 0 Å². The van der Waals surface area contributed by atoms with Gasteiger partial charge in [-0.05, 0) is 70.6 Å². The largest absolute Gasteiger partial charge is 0.508 e. The van der Waals surface area contributed by atoms with Crippen molar-refractivity contribution in [2.75, 3.05) is 13.2 Å². The molecule has 0 saturated carbocycles. The lowest BCUT2D eigenvalue weighted by molar-refractivity contribution is 0.185. The molecule has 0 aliphatic carbocycles. The van der Waals surface area contributed by atoms with E-state index >= 15 is 0 Å². The maximum atomic E-state index is 13.0. The molecule has 2 aromatic rings. The molecule has 4 N–H and O–H groups in total. The van der Waals surface area contributed by atoms with Crippen LogP contribution < -0.4 is 0 Å². The Morgan fingerprint density at radius 2 is 0.870 bits per heavy atom. The van der Waals surface area contributed by atoms with E-state index in [2.05, 4.69) is 69.2 Å². The number of hydrogen-bond donors (Lipinski definition) is 4. The van der Waals surface area contributed by atoms with Gasteiger partial charge in [-0.15, -0.1) is 0 Å². The minimum atomic E-state index is -2.95. The first kappa shape index (κ1) is 40.0. The van der Waals surface area contributed by atoms with Gasteiger partial charge in [-0.2, -0.15) is 0 Å². The van der Waals surface area contributed by atoms with Gasteiger partial charge in [0.1, 0.15) is 23.0 Å². The summed E-state index contributed by atoms with van der Waals surface area (Å²) in [5, 5.41) is 44.3. The Bertz CT molecular complexity index is 1240. The summed E-state index contributed by atoms with van der Waals surface area (Å²) in [6.07, 6.45) is 1.63. The van der Waals surface area contributed by atoms with E-state index in [1.54, 1.807) is 24.3 Å². The number of benzene rings is 2. The summed E-state index contributed by atoms with van der Waals surface area (Å²) in [6.45, 7) is 29.1. The summed E-state index contributed by atoms with van der Waals surface area (Å²) in [4.78, 5) is 0. The summed E-state index contributed by atoms with van der Waals surface area (Å²) in [6, 6.07) is 6.52. The number of aromatic hydroxyl groups is 4. The van der Waals surface area contributed by atoms with Crippen LogP contribution in [0.1, 0.15) is 144 Å². The fraction of sp³-hybridized carbons (Fsp3) is 0.684. The van der Waals surface area contributed by atoms with Gasteiger partial charge >= 0.3 is 8.25 Å². The molecule has 0 aliphatic rings. The third-order valence-electron chi connectivity index (χ3n) is 8.86. The maximum absolute atomic E-state index is 13.0. The lowest BCUT2D eigenvalue weighted by Gasteiger charge is -2.34. The molecule has 46 heavy (non-hydrogen) atoms. The molecule has 2 atom stereocenters. The molecule has 2 rings (SSSR count). The van der Waals surface area contributed by atoms with E-state index in [1.165, 1.54) is 0 Å². The molecule has 2 unspecified atom stereocenters. The SMILES string of the molecule is CC(C)C(CO[PH](=O)OCC(c1cc(O)c(C(C)(C)CC(C)(C)C)cc1O)C(C)C)c1cc(O)c(C(C)(C)CC(C)(C)C)cc1O. The summed E-state index contributed by atoms with van der Waals surface area (Å²) < 4.78 is 24.5. The van der Waals surface area contributed by atoms with Crippen molar-refractivity contribution in [1.82, 2.24) is 0 Å². The zero-order chi connectivity index (χ0) is 35.6. The van der Waals surface area contributed by atoms with Crippen molar-refractivity contribution in [3.63, 3.8) is 0 Å². The Labute approximate surface area is 279 Å². The van der Waals surface area contributed by atoms with Crippen molar-refractivity contribution >= 4 is 8.25 Å². The Morgan fingerprint density at radius 3 is 1.13 bits per heavy atom. The predicted octanol–water partition coefficient (Wildman–Crippen LogP) is 10.5. The van der Waals surface area contributed by atoms with Gasteiger partial charge in [-0.3, -0.25) is 4.57 Å². The highest BCUT2D eigenvalue weighted by atomic mass is 31.1. The average molecular weight is 663 g/mol. The summed E-state index contributed by atoms with van der Waals surface area (Å²) in [5.74, 6) is -0.275. The Hall–Kier alpha value is -2.21. The topological polar surface area (TPSA) is 116 Å². The van der Waals surface area contributed by atoms with Gasteiger partial charge in [0, 0.05) is 34.1 Å². The molecular weight excluding hydrogens is 599 g/mol. The highest BCUT2D eigenvalue weighted by Crippen LogP contribution is 2.47. The van der Waals surface area contributed by atoms with Crippen molar-refractivity contribution < 1.29 is 34.0 Å². The Balaban J connectivity index is 2.21. The molecule has 8 heteroatoms. The standard InChI is InChI=1S/C38H63O7P/c1-23(2)27(25-15-33(41)29(17-31(25)39)37(11,12)21-35(5,6)7)19-44-46(43)45-20-28(24(3)4)26-16-34(42)30(18-32(26)40)38(13,14)22-36(8,9)10/h15-18,23-24,27-28,39-42,46H,19-22H2,1-14H3. The third kappa shape index (κ3) is 10.9. The molecule has 0 saturated heterocycles. The molecule has 0 radical (unpaired) electrons. The number of phenolic OH excluding ortho intramolecular Hbond substituents is 4. The Morgan fingerprint density at radius 1 is 0.565 bits per heavy atom. The molecule has 0 aliphatic heterocycles. The first-order valence-corrected chi connectivity index (χ1v) is 17.9. The van der Waals surface area contributed by atoms with Crippen LogP contribution in [0.15, 0.2) is 24.3 Å². The van der Waals surface area contributed by atoms with Gasteiger partial charge < -0.3 is 29.5 Å². The fourth-order valence-electron chi connectivity index (χ4n) is 7.35. The van der Waals surface area contributed by atoms with Crippen LogP contribution in [0.4, 0.5) is 0 Å². The van der Waals surface area contributed by atoms with E-state index < -0.39 is 8.25 Å². The molecular formula is C38H63O7P. The quantitative estimate of drug-likeness (QED) is 0.117. The minimum Gasteiger partial charge on any atom is -0.508 e. The van der Waals surface area contributed by atoms with Gasteiger partial charge in [0.15, 0.2) is 0 Å². The van der Waals surface area contributed by atoms with Crippen LogP contribution in [-0.2, 0) is 24.4 Å². The third-order valence-corrected chi connectivity index (χ3v) is 9.67. The van der Waals surface area contributed by atoms with E-state index in [9.17, 15) is 25.0 Å². The van der Waals surface area contributed by atoms with Crippen LogP contribution in [0, 0.1) is 22.7 Å². The molecule has 0 spiro atoms. The molecule has 0 amide bonds. The van der Waals surface area contributed by atoms with Crippen molar-refractivity contribution in [1.29, 1.82) is 0 Å². The van der Waals surface area contributed by atoms with Gasteiger partial charge in [0.25, 0.3) is 0 Å². The molecule has 0 aromatic heterocycles. The molecule has 0 heterocycles. The zero-order valence-electron chi connectivity index (χ0n) is 31.0. The minimum absolute atomic E-state index is 0.0120. The van der Waals surface area contributed by atoms with Gasteiger partial charge in [0.05, 0.1) is 13.2 Å².